The van der Waals surface area contributed by atoms with Crippen LogP contribution in [0.2, 0.25) is 0 Å². The molecule has 2 heterocycles. The highest BCUT2D eigenvalue weighted by Gasteiger charge is 2.14. The Hall–Kier alpha value is -2.86. The first-order chi connectivity index (χ1) is 12.0. The predicted octanol–water partition coefficient (Wildman–Crippen LogP) is 2.84. The molecule has 0 atom stereocenters. The molecule has 25 heavy (non-hydrogen) atoms. The number of hydrogen-bond acceptors (Lipinski definition) is 4. The molecule has 0 fully saturated rings. The van der Waals surface area contributed by atoms with E-state index < -0.39 is 0 Å². The molecule has 0 bridgehead atoms. The van der Waals surface area contributed by atoms with E-state index in [9.17, 15) is 4.79 Å². The number of anilines is 1. The van der Waals surface area contributed by atoms with Crippen LogP contribution in [0.4, 0.5) is 5.69 Å². The number of likely N-dealkylation sites (N-methyl/N-ethyl adjacent to an activating group) is 1. The second-order valence-electron chi connectivity index (χ2n) is 6.18. The number of pyridine rings is 1. The van der Waals surface area contributed by atoms with Crippen molar-refractivity contribution in [3.8, 4) is 5.75 Å². The summed E-state index contributed by atoms with van der Waals surface area (Å²) in [6.45, 7) is 3.39. The van der Waals surface area contributed by atoms with E-state index in [1.165, 1.54) is 0 Å². The van der Waals surface area contributed by atoms with Gasteiger partial charge in [0.15, 0.2) is 0 Å². The van der Waals surface area contributed by atoms with Crippen molar-refractivity contribution < 1.29 is 9.53 Å². The lowest BCUT2D eigenvalue weighted by Gasteiger charge is -2.12. The van der Waals surface area contributed by atoms with Gasteiger partial charge in [0, 0.05) is 24.5 Å². The molecule has 3 rings (SSSR count). The van der Waals surface area contributed by atoms with E-state index in [-0.39, 0.29) is 5.91 Å². The number of hydrogen-bond donors (Lipinski definition) is 1. The number of carbonyl (C=O) groups excluding carboxylic acids is 1. The Labute approximate surface area is 147 Å². The van der Waals surface area contributed by atoms with Gasteiger partial charge in [0.25, 0.3) is 5.91 Å². The average Bonchev–Trinajstić information content (AvgIpc) is 3.00. The summed E-state index contributed by atoms with van der Waals surface area (Å²) in [4.78, 5) is 14.7. The standard InChI is InChI=1S/C19H22N4O2/c1-14-6-5-9-23-18(14)17(13-20-23)19(24)21-15-7-4-8-16(12-15)25-11-10-22(2)3/h4-9,12-13H,10-11H2,1-3H3,(H,21,24). The van der Waals surface area contributed by atoms with Crippen molar-refractivity contribution >= 4 is 17.1 Å². The van der Waals surface area contributed by atoms with Crippen molar-refractivity contribution in [3.05, 3.63) is 59.9 Å². The van der Waals surface area contributed by atoms with Crippen molar-refractivity contribution in [1.82, 2.24) is 14.5 Å². The Morgan fingerprint density at radius 3 is 2.92 bits per heavy atom. The van der Waals surface area contributed by atoms with Crippen LogP contribution in [-0.2, 0) is 0 Å². The Kier molecular flexibility index (Phi) is 5.00. The SMILES string of the molecule is Cc1cccn2ncc(C(=O)Nc3cccc(OCCN(C)C)c3)c12. The molecular weight excluding hydrogens is 316 g/mol. The van der Waals surface area contributed by atoms with Crippen molar-refractivity contribution in [2.24, 2.45) is 0 Å². The molecule has 1 N–H and O–H groups in total. The highest BCUT2D eigenvalue weighted by molar-refractivity contribution is 6.09. The summed E-state index contributed by atoms with van der Waals surface area (Å²) in [5.41, 5.74) is 3.07. The maximum atomic E-state index is 12.6. The van der Waals surface area contributed by atoms with Crippen molar-refractivity contribution in [2.45, 2.75) is 6.92 Å². The summed E-state index contributed by atoms with van der Waals surface area (Å²) in [7, 11) is 4.00. The van der Waals surface area contributed by atoms with Crippen LogP contribution in [0.5, 0.6) is 5.75 Å². The highest BCUT2D eigenvalue weighted by atomic mass is 16.5. The van der Waals surface area contributed by atoms with Crippen LogP contribution >= 0.6 is 0 Å². The molecule has 130 valence electrons. The monoisotopic (exact) mass is 338 g/mol. The first-order valence-corrected chi connectivity index (χ1v) is 8.16. The Morgan fingerprint density at radius 1 is 1.28 bits per heavy atom. The fourth-order valence-corrected chi connectivity index (χ4v) is 2.59. The first-order valence-electron chi connectivity index (χ1n) is 8.16. The number of fused-ring (bicyclic) bond motifs is 1. The van der Waals surface area contributed by atoms with Crippen LogP contribution in [-0.4, -0.2) is 47.7 Å². The molecular formula is C19H22N4O2. The van der Waals surface area contributed by atoms with Gasteiger partial charge in [-0.1, -0.05) is 12.1 Å². The normalized spacial score (nSPS) is 11.0. The number of nitrogens with zero attached hydrogens (tertiary/aromatic N) is 3. The molecule has 0 aliphatic rings. The summed E-state index contributed by atoms with van der Waals surface area (Å²) in [6, 6.07) is 11.3. The molecule has 6 nitrogen and oxygen atoms in total. The van der Waals surface area contributed by atoms with Crippen molar-refractivity contribution in [1.29, 1.82) is 0 Å². The first kappa shape index (κ1) is 17.0. The van der Waals surface area contributed by atoms with Crippen LogP contribution in [0.25, 0.3) is 5.52 Å². The fraction of sp³-hybridized carbons (Fsp3) is 0.263. The zero-order valence-corrected chi connectivity index (χ0v) is 14.7. The minimum absolute atomic E-state index is 0.185. The second kappa shape index (κ2) is 7.36. The van der Waals surface area contributed by atoms with Crippen LogP contribution < -0.4 is 10.1 Å². The van der Waals surface area contributed by atoms with E-state index in [0.29, 0.717) is 17.9 Å². The van der Waals surface area contributed by atoms with E-state index in [0.717, 1.165) is 23.4 Å². The quantitative estimate of drug-likeness (QED) is 0.751. The number of amides is 1. The largest absolute Gasteiger partial charge is 0.492 e. The molecule has 2 aromatic heterocycles. The van der Waals surface area contributed by atoms with Gasteiger partial charge in [-0.2, -0.15) is 5.10 Å². The predicted molar refractivity (Wildman–Crippen MR) is 98.4 cm³/mol. The molecule has 3 aromatic rings. The highest BCUT2D eigenvalue weighted by Crippen LogP contribution is 2.20. The molecule has 1 aromatic carbocycles. The van der Waals surface area contributed by atoms with E-state index in [2.05, 4.69) is 15.3 Å². The third-order valence-electron chi connectivity index (χ3n) is 3.89. The minimum Gasteiger partial charge on any atom is -0.492 e. The molecule has 0 unspecified atom stereocenters. The van der Waals surface area contributed by atoms with Crippen molar-refractivity contribution in [2.75, 3.05) is 32.6 Å². The van der Waals surface area contributed by atoms with Crippen LogP contribution in [0.3, 0.4) is 0 Å². The number of rotatable bonds is 6. The molecule has 0 spiro atoms. The number of aryl methyl sites for hydroxylation is 1. The lowest BCUT2D eigenvalue weighted by Crippen LogP contribution is -2.19. The Morgan fingerprint density at radius 2 is 2.12 bits per heavy atom. The van der Waals surface area contributed by atoms with Gasteiger partial charge in [0.2, 0.25) is 0 Å². The van der Waals surface area contributed by atoms with Gasteiger partial charge in [-0.25, -0.2) is 4.52 Å². The maximum Gasteiger partial charge on any atom is 0.259 e. The van der Waals surface area contributed by atoms with Gasteiger partial charge in [0.1, 0.15) is 12.4 Å². The number of carbonyl (C=O) groups is 1. The molecule has 0 aliphatic heterocycles. The minimum atomic E-state index is -0.185. The third kappa shape index (κ3) is 3.97. The summed E-state index contributed by atoms with van der Waals surface area (Å²) in [5, 5.41) is 7.16. The third-order valence-corrected chi connectivity index (χ3v) is 3.89. The Balaban J connectivity index is 1.74. The van der Waals surface area contributed by atoms with Gasteiger partial charge in [0.05, 0.1) is 17.3 Å². The smallest absolute Gasteiger partial charge is 0.259 e. The molecule has 6 heteroatoms. The summed E-state index contributed by atoms with van der Waals surface area (Å²) >= 11 is 0. The molecule has 1 amide bonds. The van der Waals surface area contributed by atoms with E-state index >= 15 is 0 Å². The van der Waals surface area contributed by atoms with Gasteiger partial charge in [-0.15, -0.1) is 0 Å². The topological polar surface area (TPSA) is 58.9 Å². The molecule has 0 saturated heterocycles. The Bertz CT molecular complexity index is 886. The zero-order chi connectivity index (χ0) is 17.8. The number of ether oxygens (including phenoxy) is 1. The van der Waals surface area contributed by atoms with E-state index in [1.807, 2.05) is 63.6 Å². The van der Waals surface area contributed by atoms with E-state index in [1.54, 1.807) is 10.7 Å². The van der Waals surface area contributed by atoms with E-state index in [4.69, 9.17) is 4.74 Å². The molecule has 0 saturated carbocycles. The van der Waals surface area contributed by atoms with Crippen molar-refractivity contribution in [3.63, 3.8) is 0 Å². The fourth-order valence-electron chi connectivity index (χ4n) is 2.59. The number of nitrogens with one attached hydrogen (secondary N) is 1. The summed E-state index contributed by atoms with van der Waals surface area (Å²) in [6.07, 6.45) is 3.42. The number of aromatic nitrogens is 2. The van der Waals surface area contributed by atoms with Gasteiger partial charge < -0.3 is 15.0 Å². The lowest BCUT2D eigenvalue weighted by atomic mass is 10.1. The van der Waals surface area contributed by atoms with Crippen LogP contribution in [0.15, 0.2) is 48.8 Å². The van der Waals surface area contributed by atoms with Gasteiger partial charge in [-0.05, 0) is 44.8 Å². The lowest BCUT2D eigenvalue weighted by molar-refractivity contribution is 0.102. The van der Waals surface area contributed by atoms with Gasteiger partial charge >= 0.3 is 0 Å². The average molecular weight is 338 g/mol. The second-order valence-corrected chi connectivity index (χ2v) is 6.18. The van der Waals surface area contributed by atoms with Crippen LogP contribution in [0, 0.1) is 6.92 Å². The molecule has 0 aliphatic carbocycles. The summed E-state index contributed by atoms with van der Waals surface area (Å²) in [5.74, 6) is 0.547. The van der Waals surface area contributed by atoms with Crippen LogP contribution in [0.1, 0.15) is 15.9 Å². The zero-order valence-electron chi connectivity index (χ0n) is 14.7. The van der Waals surface area contributed by atoms with Gasteiger partial charge in [-0.3, -0.25) is 4.79 Å². The summed E-state index contributed by atoms with van der Waals surface area (Å²) < 4.78 is 7.42. The maximum absolute atomic E-state index is 12.6. The number of benzene rings is 1. The molecule has 0 radical (unpaired) electrons.